The van der Waals surface area contributed by atoms with Gasteiger partial charge >= 0.3 is 0 Å². The van der Waals surface area contributed by atoms with Crippen molar-refractivity contribution in [3.05, 3.63) is 30.6 Å². The molecule has 0 fully saturated rings. The summed E-state index contributed by atoms with van der Waals surface area (Å²) in [5.74, 6) is 0. The molecule has 0 spiro atoms. The molecule has 0 aliphatic rings. The van der Waals surface area contributed by atoms with Crippen LogP contribution in [0.15, 0.2) is 30.6 Å². The molecule has 1 heterocycles. The van der Waals surface area contributed by atoms with Gasteiger partial charge in [0.15, 0.2) is 0 Å². The van der Waals surface area contributed by atoms with Gasteiger partial charge in [-0.05, 0) is 25.0 Å². The molecule has 1 heteroatoms. The quantitative estimate of drug-likeness (QED) is 0.170. The van der Waals surface area contributed by atoms with Gasteiger partial charge in [-0.1, -0.05) is 135 Å². The first kappa shape index (κ1) is 26.1. The summed E-state index contributed by atoms with van der Waals surface area (Å²) < 4.78 is 2.12. The Morgan fingerprint density at radius 2 is 0.828 bits per heavy atom. The number of hydrogen-bond acceptors (Lipinski definition) is 0. The second-order valence-electron chi connectivity index (χ2n) is 9.02. The van der Waals surface area contributed by atoms with Gasteiger partial charge in [0.1, 0.15) is 0 Å². The SMILES string of the molecule is CCCCCCCCCCCCCCCCCCCCCCC=Cn1cccc1. The average molecular weight is 402 g/mol. The van der Waals surface area contributed by atoms with E-state index in [1.807, 2.05) is 0 Å². The van der Waals surface area contributed by atoms with E-state index in [9.17, 15) is 0 Å². The molecule has 0 saturated carbocycles. The van der Waals surface area contributed by atoms with E-state index in [0.29, 0.717) is 0 Å². The average Bonchev–Trinajstić information content (AvgIpc) is 3.25. The first-order chi connectivity index (χ1) is 14.4. The van der Waals surface area contributed by atoms with E-state index in [1.165, 1.54) is 135 Å². The standard InChI is InChI=1S/C28H51N/c1-2-3-4-5-6-7-8-9-10-11-12-13-14-15-16-17-18-19-20-21-22-23-26-29-27-24-25-28-29/h23-28H,2-22H2,1H3. The zero-order chi connectivity index (χ0) is 20.7. The third kappa shape index (κ3) is 18.8. The van der Waals surface area contributed by atoms with Gasteiger partial charge in [-0.3, -0.25) is 0 Å². The van der Waals surface area contributed by atoms with E-state index < -0.39 is 0 Å². The van der Waals surface area contributed by atoms with Crippen molar-refractivity contribution in [3.8, 4) is 0 Å². The third-order valence-corrected chi connectivity index (χ3v) is 6.13. The molecule has 1 rings (SSSR count). The number of unbranched alkanes of at least 4 members (excludes halogenated alkanes) is 20. The molecule has 0 amide bonds. The molecular weight excluding hydrogens is 350 g/mol. The topological polar surface area (TPSA) is 4.93 Å². The van der Waals surface area contributed by atoms with Crippen LogP contribution < -0.4 is 0 Å². The molecule has 168 valence electrons. The molecule has 0 bridgehead atoms. The zero-order valence-corrected chi connectivity index (χ0v) is 19.8. The first-order valence-electron chi connectivity index (χ1n) is 13.2. The Morgan fingerprint density at radius 1 is 0.483 bits per heavy atom. The monoisotopic (exact) mass is 401 g/mol. The van der Waals surface area contributed by atoms with Gasteiger partial charge < -0.3 is 4.57 Å². The maximum atomic E-state index is 2.30. The maximum absolute atomic E-state index is 2.30. The largest absolute Gasteiger partial charge is 0.331 e. The molecule has 0 saturated heterocycles. The minimum absolute atomic E-state index is 1.22. The molecule has 0 atom stereocenters. The Bertz CT molecular complexity index is 431. The summed E-state index contributed by atoms with van der Waals surface area (Å²) in [4.78, 5) is 0. The van der Waals surface area contributed by atoms with Crippen molar-refractivity contribution in [2.24, 2.45) is 0 Å². The lowest BCUT2D eigenvalue weighted by atomic mass is 10.0. The smallest absolute Gasteiger partial charge is 0.00823 e. The first-order valence-corrected chi connectivity index (χ1v) is 13.2. The highest BCUT2D eigenvalue weighted by atomic mass is 14.9. The summed E-state index contributed by atoms with van der Waals surface area (Å²) >= 11 is 0. The predicted octanol–water partition coefficient (Wildman–Crippen LogP) is 10.2. The molecule has 0 aliphatic carbocycles. The van der Waals surface area contributed by atoms with Crippen molar-refractivity contribution in [1.29, 1.82) is 0 Å². The van der Waals surface area contributed by atoms with Crippen molar-refractivity contribution in [3.63, 3.8) is 0 Å². The fourth-order valence-corrected chi connectivity index (χ4v) is 4.16. The minimum Gasteiger partial charge on any atom is -0.331 e. The van der Waals surface area contributed by atoms with Crippen LogP contribution in [0, 0.1) is 0 Å². The van der Waals surface area contributed by atoms with Crippen molar-refractivity contribution in [1.82, 2.24) is 4.57 Å². The summed E-state index contributed by atoms with van der Waals surface area (Å²) in [7, 11) is 0. The van der Waals surface area contributed by atoms with E-state index in [0.717, 1.165) is 0 Å². The Labute approximate surface area is 183 Å². The van der Waals surface area contributed by atoms with Crippen LogP contribution in [0.5, 0.6) is 0 Å². The summed E-state index contributed by atoms with van der Waals surface area (Å²) in [6.45, 7) is 2.30. The number of aromatic nitrogens is 1. The van der Waals surface area contributed by atoms with Crippen LogP contribution in [0.4, 0.5) is 0 Å². The number of nitrogens with zero attached hydrogens (tertiary/aromatic N) is 1. The molecular formula is C28H51N. The number of rotatable bonds is 22. The van der Waals surface area contributed by atoms with Crippen LogP contribution in [0.3, 0.4) is 0 Å². The fraction of sp³-hybridized carbons (Fsp3) is 0.786. The molecule has 0 aromatic carbocycles. The summed E-state index contributed by atoms with van der Waals surface area (Å²) in [6.07, 6.45) is 38.9. The van der Waals surface area contributed by atoms with Gasteiger partial charge in [-0.25, -0.2) is 0 Å². The van der Waals surface area contributed by atoms with Crippen LogP contribution in [0.2, 0.25) is 0 Å². The van der Waals surface area contributed by atoms with Gasteiger partial charge in [0.25, 0.3) is 0 Å². The zero-order valence-electron chi connectivity index (χ0n) is 19.8. The normalized spacial score (nSPS) is 11.6. The summed E-state index contributed by atoms with van der Waals surface area (Å²) in [5.41, 5.74) is 0. The lowest BCUT2D eigenvalue weighted by Gasteiger charge is -2.04. The van der Waals surface area contributed by atoms with Crippen molar-refractivity contribution in [2.75, 3.05) is 0 Å². The van der Waals surface area contributed by atoms with E-state index in [4.69, 9.17) is 0 Å². The summed E-state index contributed by atoms with van der Waals surface area (Å²) in [5, 5.41) is 0. The maximum Gasteiger partial charge on any atom is 0.00823 e. The second kappa shape index (κ2) is 21.7. The molecule has 29 heavy (non-hydrogen) atoms. The Balaban J connectivity index is 1.66. The van der Waals surface area contributed by atoms with E-state index in [1.54, 1.807) is 0 Å². The molecule has 0 unspecified atom stereocenters. The van der Waals surface area contributed by atoms with Gasteiger partial charge in [0.05, 0.1) is 0 Å². The molecule has 0 aliphatic heterocycles. The van der Waals surface area contributed by atoms with Gasteiger partial charge in [-0.2, -0.15) is 0 Å². The highest BCUT2D eigenvalue weighted by molar-refractivity contribution is 5.22. The lowest BCUT2D eigenvalue weighted by Crippen LogP contribution is -1.84. The Hall–Kier alpha value is -0.980. The fourth-order valence-electron chi connectivity index (χ4n) is 4.16. The highest BCUT2D eigenvalue weighted by Crippen LogP contribution is 2.15. The van der Waals surface area contributed by atoms with Gasteiger partial charge in [-0.15, -0.1) is 0 Å². The number of hydrogen-bond donors (Lipinski definition) is 0. The van der Waals surface area contributed by atoms with Crippen LogP contribution in [-0.4, -0.2) is 4.57 Å². The van der Waals surface area contributed by atoms with Crippen molar-refractivity contribution >= 4 is 6.20 Å². The molecule has 0 N–H and O–H groups in total. The van der Waals surface area contributed by atoms with E-state index >= 15 is 0 Å². The lowest BCUT2D eigenvalue weighted by molar-refractivity contribution is 0.522. The Kier molecular flexibility index (Phi) is 19.5. The predicted molar refractivity (Wildman–Crippen MR) is 132 cm³/mol. The van der Waals surface area contributed by atoms with Crippen molar-refractivity contribution < 1.29 is 0 Å². The van der Waals surface area contributed by atoms with E-state index in [-0.39, 0.29) is 0 Å². The molecule has 1 aromatic rings. The number of allylic oxidation sites excluding steroid dienone is 1. The highest BCUT2D eigenvalue weighted by Gasteiger charge is 1.95. The molecule has 1 nitrogen and oxygen atoms in total. The van der Waals surface area contributed by atoms with Gasteiger partial charge in [0, 0.05) is 18.6 Å². The molecule has 0 radical (unpaired) electrons. The minimum atomic E-state index is 1.22. The van der Waals surface area contributed by atoms with Gasteiger partial charge in [0.2, 0.25) is 0 Å². The van der Waals surface area contributed by atoms with Crippen molar-refractivity contribution in [2.45, 2.75) is 142 Å². The van der Waals surface area contributed by atoms with Crippen LogP contribution in [0.1, 0.15) is 142 Å². The van der Waals surface area contributed by atoms with Crippen LogP contribution in [-0.2, 0) is 0 Å². The summed E-state index contributed by atoms with van der Waals surface area (Å²) in [6, 6.07) is 4.14. The van der Waals surface area contributed by atoms with Crippen LogP contribution >= 0.6 is 0 Å². The second-order valence-corrected chi connectivity index (χ2v) is 9.02. The third-order valence-electron chi connectivity index (χ3n) is 6.13. The Morgan fingerprint density at radius 3 is 1.21 bits per heavy atom. The van der Waals surface area contributed by atoms with E-state index in [2.05, 4.69) is 48.3 Å². The molecule has 1 aromatic heterocycles. The van der Waals surface area contributed by atoms with Crippen LogP contribution in [0.25, 0.3) is 6.20 Å².